The van der Waals surface area contributed by atoms with E-state index in [1.807, 2.05) is 42.5 Å². The van der Waals surface area contributed by atoms with Crippen LogP contribution in [0.2, 0.25) is 0 Å². The number of hydrogen-bond donors (Lipinski definition) is 0. The molecule has 6 heteroatoms. The Morgan fingerprint density at radius 3 is 2.07 bits per heavy atom. The Morgan fingerprint density at radius 1 is 0.857 bits per heavy atom. The van der Waals surface area contributed by atoms with Crippen LogP contribution in [-0.4, -0.2) is 63.3 Å². The van der Waals surface area contributed by atoms with Crippen molar-refractivity contribution in [3.8, 4) is 11.5 Å². The van der Waals surface area contributed by atoms with Crippen LogP contribution in [-0.2, 0) is 17.8 Å². The average Bonchev–Trinajstić information content (AvgIpc) is 2.75. The number of ether oxygens (including phenoxy) is 3. The van der Waals surface area contributed by atoms with E-state index in [4.69, 9.17) is 14.2 Å². The van der Waals surface area contributed by atoms with E-state index in [1.54, 1.807) is 14.2 Å². The van der Waals surface area contributed by atoms with Gasteiger partial charge in [0.2, 0.25) is 0 Å². The maximum Gasteiger partial charge on any atom is 0.337 e. The third-order valence-corrected chi connectivity index (χ3v) is 5.13. The van der Waals surface area contributed by atoms with Crippen molar-refractivity contribution < 1.29 is 19.0 Å². The van der Waals surface area contributed by atoms with Gasteiger partial charge in [0.15, 0.2) is 0 Å². The minimum Gasteiger partial charge on any atom is -0.497 e. The smallest absolute Gasteiger partial charge is 0.337 e. The van der Waals surface area contributed by atoms with Crippen molar-refractivity contribution in [3.63, 3.8) is 0 Å². The maximum atomic E-state index is 11.5. The molecule has 0 N–H and O–H groups in total. The van der Waals surface area contributed by atoms with Crippen molar-refractivity contribution >= 4 is 5.97 Å². The van der Waals surface area contributed by atoms with Crippen LogP contribution >= 0.6 is 0 Å². The second kappa shape index (κ2) is 9.57. The topological polar surface area (TPSA) is 51.2 Å². The van der Waals surface area contributed by atoms with E-state index >= 15 is 0 Å². The maximum absolute atomic E-state index is 11.5. The number of methoxy groups -OCH3 is 3. The molecule has 0 aromatic heterocycles. The lowest BCUT2D eigenvalue weighted by Gasteiger charge is -2.35. The highest BCUT2D eigenvalue weighted by molar-refractivity contribution is 5.89. The fraction of sp³-hybridized carbons (Fsp3) is 0.409. The molecule has 1 saturated heterocycles. The first kappa shape index (κ1) is 20.2. The second-order valence-electron chi connectivity index (χ2n) is 6.92. The van der Waals surface area contributed by atoms with Gasteiger partial charge in [-0.05, 0) is 35.9 Å². The molecule has 0 bridgehead atoms. The molecule has 0 atom stereocenters. The van der Waals surface area contributed by atoms with Gasteiger partial charge in [0, 0.05) is 44.8 Å². The highest BCUT2D eigenvalue weighted by Crippen LogP contribution is 2.25. The highest BCUT2D eigenvalue weighted by atomic mass is 16.5. The van der Waals surface area contributed by atoms with Crippen LogP contribution in [0, 0.1) is 0 Å². The predicted octanol–water partition coefficient (Wildman–Crippen LogP) is 2.81. The summed E-state index contributed by atoms with van der Waals surface area (Å²) in [6.45, 7) is 5.75. The lowest BCUT2D eigenvalue weighted by atomic mass is 10.1. The molecule has 2 aromatic rings. The molecule has 150 valence electrons. The van der Waals surface area contributed by atoms with Crippen molar-refractivity contribution in [1.82, 2.24) is 9.80 Å². The van der Waals surface area contributed by atoms with Gasteiger partial charge in [-0.25, -0.2) is 4.79 Å². The number of carbonyl (C=O) groups excluding carboxylic acids is 1. The molecular formula is C22H28N2O4. The molecule has 0 spiro atoms. The molecule has 3 rings (SSSR count). The first-order chi connectivity index (χ1) is 13.6. The fourth-order valence-corrected chi connectivity index (χ4v) is 3.47. The molecule has 1 heterocycles. The van der Waals surface area contributed by atoms with Gasteiger partial charge >= 0.3 is 5.97 Å². The van der Waals surface area contributed by atoms with E-state index in [1.165, 1.54) is 12.7 Å². The summed E-state index contributed by atoms with van der Waals surface area (Å²) in [4.78, 5) is 16.4. The van der Waals surface area contributed by atoms with Gasteiger partial charge in [0.05, 0.1) is 26.9 Å². The number of esters is 1. The second-order valence-corrected chi connectivity index (χ2v) is 6.92. The summed E-state index contributed by atoms with van der Waals surface area (Å²) >= 11 is 0. The summed E-state index contributed by atoms with van der Waals surface area (Å²) in [7, 11) is 4.79. The third-order valence-electron chi connectivity index (χ3n) is 5.13. The van der Waals surface area contributed by atoms with E-state index in [9.17, 15) is 4.79 Å². The van der Waals surface area contributed by atoms with Gasteiger partial charge in [-0.15, -0.1) is 0 Å². The monoisotopic (exact) mass is 384 g/mol. The number of nitrogens with zero attached hydrogens (tertiary/aromatic N) is 2. The highest BCUT2D eigenvalue weighted by Gasteiger charge is 2.19. The molecule has 0 radical (unpaired) electrons. The van der Waals surface area contributed by atoms with Crippen molar-refractivity contribution in [2.75, 3.05) is 47.5 Å². The van der Waals surface area contributed by atoms with Gasteiger partial charge < -0.3 is 14.2 Å². The molecular weight excluding hydrogens is 356 g/mol. The Kier molecular flexibility index (Phi) is 6.90. The quantitative estimate of drug-likeness (QED) is 0.685. The van der Waals surface area contributed by atoms with Crippen molar-refractivity contribution in [2.24, 2.45) is 0 Å². The molecule has 1 fully saturated rings. The van der Waals surface area contributed by atoms with E-state index in [2.05, 4.69) is 9.80 Å². The Labute approximate surface area is 166 Å². The van der Waals surface area contributed by atoms with Crippen LogP contribution in [0.3, 0.4) is 0 Å². The summed E-state index contributed by atoms with van der Waals surface area (Å²) in [5.74, 6) is 1.45. The van der Waals surface area contributed by atoms with E-state index in [0.717, 1.165) is 56.3 Å². The largest absolute Gasteiger partial charge is 0.497 e. The zero-order valence-corrected chi connectivity index (χ0v) is 16.8. The number of rotatable bonds is 7. The number of piperazine rings is 1. The number of hydrogen-bond acceptors (Lipinski definition) is 6. The summed E-state index contributed by atoms with van der Waals surface area (Å²) in [6.07, 6.45) is 0. The van der Waals surface area contributed by atoms with Crippen molar-refractivity contribution in [3.05, 3.63) is 59.2 Å². The molecule has 2 aromatic carbocycles. The van der Waals surface area contributed by atoms with Gasteiger partial charge in [-0.3, -0.25) is 9.80 Å². The van der Waals surface area contributed by atoms with Gasteiger partial charge in [-0.1, -0.05) is 12.1 Å². The first-order valence-electron chi connectivity index (χ1n) is 9.46. The SMILES string of the molecule is COC(=O)c1ccc(CN2CCN(Cc3cc(OC)ccc3OC)CC2)cc1. The third kappa shape index (κ3) is 5.03. The summed E-state index contributed by atoms with van der Waals surface area (Å²) in [5, 5.41) is 0. The normalized spacial score (nSPS) is 15.2. The molecule has 0 unspecified atom stereocenters. The average molecular weight is 384 g/mol. The van der Waals surface area contributed by atoms with Crippen LogP contribution in [0.5, 0.6) is 11.5 Å². The lowest BCUT2D eigenvalue weighted by Crippen LogP contribution is -2.45. The van der Waals surface area contributed by atoms with E-state index in [-0.39, 0.29) is 5.97 Å². The molecule has 1 aliphatic rings. The minimum absolute atomic E-state index is 0.298. The zero-order chi connectivity index (χ0) is 19.9. The molecule has 0 amide bonds. The van der Waals surface area contributed by atoms with Crippen molar-refractivity contribution in [2.45, 2.75) is 13.1 Å². The van der Waals surface area contributed by atoms with Crippen molar-refractivity contribution in [1.29, 1.82) is 0 Å². The number of carbonyl (C=O) groups is 1. The Hall–Kier alpha value is -2.57. The van der Waals surface area contributed by atoms with Gasteiger partial charge in [-0.2, -0.15) is 0 Å². The van der Waals surface area contributed by atoms with Crippen LogP contribution < -0.4 is 9.47 Å². The first-order valence-corrected chi connectivity index (χ1v) is 9.46. The standard InChI is InChI=1S/C22H28N2O4/c1-26-20-8-9-21(27-2)19(14-20)16-24-12-10-23(11-13-24)15-17-4-6-18(7-5-17)22(25)28-3/h4-9,14H,10-13,15-16H2,1-3H3. The Bertz CT molecular complexity index is 784. The van der Waals surface area contributed by atoms with Crippen LogP contribution in [0.25, 0.3) is 0 Å². The Balaban J connectivity index is 1.53. The van der Waals surface area contributed by atoms with Crippen LogP contribution in [0.4, 0.5) is 0 Å². The van der Waals surface area contributed by atoms with Crippen LogP contribution in [0.1, 0.15) is 21.5 Å². The lowest BCUT2D eigenvalue weighted by molar-refractivity contribution is 0.0600. The van der Waals surface area contributed by atoms with E-state index < -0.39 is 0 Å². The minimum atomic E-state index is -0.298. The number of benzene rings is 2. The fourth-order valence-electron chi connectivity index (χ4n) is 3.47. The Morgan fingerprint density at radius 2 is 1.50 bits per heavy atom. The molecule has 6 nitrogen and oxygen atoms in total. The van der Waals surface area contributed by atoms with E-state index in [0.29, 0.717) is 5.56 Å². The molecule has 0 aliphatic carbocycles. The van der Waals surface area contributed by atoms with Gasteiger partial charge in [0.1, 0.15) is 11.5 Å². The molecule has 0 saturated carbocycles. The summed E-state index contributed by atoms with van der Waals surface area (Å²) in [5.41, 5.74) is 2.94. The predicted molar refractivity (Wildman–Crippen MR) is 108 cm³/mol. The molecule has 28 heavy (non-hydrogen) atoms. The van der Waals surface area contributed by atoms with Gasteiger partial charge in [0.25, 0.3) is 0 Å². The summed E-state index contributed by atoms with van der Waals surface area (Å²) < 4.78 is 15.6. The molecule has 1 aliphatic heterocycles. The summed E-state index contributed by atoms with van der Waals surface area (Å²) in [6, 6.07) is 13.6. The van der Waals surface area contributed by atoms with Crippen LogP contribution in [0.15, 0.2) is 42.5 Å². The zero-order valence-electron chi connectivity index (χ0n) is 16.8.